The zero-order valence-corrected chi connectivity index (χ0v) is 14.5. The molecule has 22 heavy (non-hydrogen) atoms. The van der Waals surface area contributed by atoms with Crippen molar-refractivity contribution in [2.45, 2.75) is 13.3 Å². The van der Waals surface area contributed by atoms with Gasteiger partial charge in [0.25, 0.3) is 0 Å². The Morgan fingerprint density at radius 2 is 1.73 bits per heavy atom. The lowest BCUT2D eigenvalue weighted by Gasteiger charge is -2.21. The summed E-state index contributed by atoms with van der Waals surface area (Å²) >= 11 is 0. The summed E-state index contributed by atoms with van der Waals surface area (Å²) in [5.41, 5.74) is 1.85. The van der Waals surface area contributed by atoms with Crippen LogP contribution in [0.25, 0.3) is 0 Å². The SMILES string of the molecule is CCc1ccc(NC(=O)CN(CCN(C)C)S(C)(=O)=O)cc1. The van der Waals surface area contributed by atoms with Crippen LogP contribution in [0.3, 0.4) is 0 Å². The van der Waals surface area contributed by atoms with E-state index in [0.29, 0.717) is 12.2 Å². The van der Waals surface area contributed by atoms with E-state index in [0.717, 1.165) is 12.7 Å². The van der Waals surface area contributed by atoms with E-state index in [1.807, 2.05) is 43.3 Å². The van der Waals surface area contributed by atoms with Crippen molar-refractivity contribution in [3.63, 3.8) is 0 Å². The Hall–Kier alpha value is -1.44. The van der Waals surface area contributed by atoms with Crippen LogP contribution in [0.15, 0.2) is 24.3 Å². The summed E-state index contributed by atoms with van der Waals surface area (Å²) in [5.74, 6) is -0.339. The minimum absolute atomic E-state index is 0.178. The highest BCUT2D eigenvalue weighted by atomic mass is 32.2. The molecule has 0 atom stereocenters. The van der Waals surface area contributed by atoms with Crippen molar-refractivity contribution in [2.75, 3.05) is 45.3 Å². The fourth-order valence-corrected chi connectivity index (χ4v) is 2.62. The molecule has 0 aromatic heterocycles. The summed E-state index contributed by atoms with van der Waals surface area (Å²) in [4.78, 5) is 13.9. The summed E-state index contributed by atoms with van der Waals surface area (Å²) in [7, 11) is 0.301. The summed E-state index contributed by atoms with van der Waals surface area (Å²) in [6, 6.07) is 7.52. The van der Waals surface area contributed by atoms with Crippen molar-refractivity contribution in [1.82, 2.24) is 9.21 Å². The number of nitrogens with one attached hydrogen (secondary N) is 1. The first kappa shape index (κ1) is 18.6. The molecule has 0 saturated carbocycles. The summed E-state index contributed by atoms with van der Waals surface area (Å²) in [5, 5.41) is 2.72. The summed E-state index contributed by atoms with van der Waals surface area (Å²) in [6.45, 7) is 2.73. The maximum atomic E-state index is 12.0. The number of hydrogen-bond donors (Lipinski definition) is 1. The molecule has 0 heterocycles. The van der Waals surface area contributed by atoms with Crippen LogP contribution in [-0.2, 0) is 21.2 Å². The highest BCUT2D eigenvalue weighted by Crippen LogP contribution is 2.10. The van der Waals surface area contributed by atoms with Crippen molar-refractivity contribution in [3.8, 4) is 0 Å². The van der Waals surface area contributed by atoms with Crippen molar-refractivity contribution < 1.29 is 13.2 Å². The third kappa shape index (κ3) is 6.55. The Morgan fingerprint density at radius 1 is 1.14 bits per heavy atom. The van der Waals surface area contributed by atoms with Gasteiger partial charge < -0.3 is 10.2 Å². The Bertz CT molecular complexity index is 583. The van der Waals surface area contributed by atoms with Gasteiger partial charge in [-0.25, -0.2) is 8.42 Å². The molecule has 124 valence electrons. The molecule has 0 spiro atoms. The van der Waals surface area contributed by atoms with Gasteiger partial charge in [0, 0.05) is 18.8 Å². The van der Waals surface area contributed by atoms with E-state index >= 15 is 0 Å². The zero-order chi connectivity index (χ0) is 16.8. The molecule has 6 nitrogen and oxygen atoms in total. The van der Waals surface area contributed by atoms with Gasteiger partial charge in [0.1, 0.15) is 0 Å². The molecule has 0 unspecified atom stereocenters. The Kier molecular flexibility index (Phi) is 6.99. The molecule has 0 saturated heterocycles. The fraction of sp³-hybridized carbons (Fsp3) is 0.533. The van der Waals surface area contributed by atoms with E-state index < -0.39 is 10.0 Å². The number of sulfonamides is 1. The molecule has 0 bridgehead atoms. The van der Waals surface area contributed by atoms with Gasteiger partial charge in [-0.15, -0.1) is 0 Å². The third-order valence-electron chi connectivity index (χ3n) is 3.23. The second kappa shape index (κ2) is 8.26. The van der Waals surface area contributed by atoms with Crippen molar-refractivity contribution in [1.29, 1.82) is 0 Å². The average Bonchev–Trinajstić information content (AvgIpc) is 2.42. The van der Waals surface area contributed by atoms with Gasteiger partial charge in [0.15, 0.2) is 0 Å². The predicted molar refractivity (Wildman–Crippen MR) is 89.4 cm³/mol. The standard InChI is InChI=1S/C15H25N3O3S/c1-5-13-6-8-14(9-7-13)16-15(19)12-18(22(4,20)21)11-10-17(2)3/h6-9H,5,10-12H2,1-4H3,(H,16,19). The highest BCUT2D eigenvalue weighted by molar-refractivity contribution is 7.88. The van der Waals surface area contributed by atoms with Crippen LogP contribution in [0.2, 0.25) is 0 Å². The number of amides is 1. The molecule has 1 rings (SSSR count). The lowest BCUT2D eigenvalue weighted by atomic mass is 10.1. The first-order chi connectivity index (χ1) is 10.2. The Morgan fingerprint density at radius 3 is 2.18 bits per heavy atom. The lowest BCUT2D eigenvalue weighted by Crippen LogP contribution is -2.41. The molecule has 1 N–H and O–H groups in total. The first-order valence-electron chi connectivity index (χ1n) is 7.21. The maximum absolute atomic E-state index is 12.0. The number of nitrogens with zero attached hydrogens (tertiary/aromatic N) is 2. The molecule has 0 radical (unpaired) electrons. The number of aryl methyl sites for hydroxylation is 1. The van der Waals surface area contributed by atoms with Gasteiger partial charge in [-0.3, -0.25) is 4.79 Å². The number of carbonyl (C=O) groups is 1. The molecule has 1 aromatic carbocycles. The van der Waals surface area contributed by atoms with Crippen LogP contribution in [0.4, 0.5) is 5.69 Å². The summed E-state index contributed by atoms with van der Waals surface area (Å²) < 4.78 is 24.7. The normalized spacial score (nSPS) is 11.9. The van der Waals surface area contributed by atoms with E-state index in [-0.39, 0.29) is 19.0 Å². The van der Waals surface area contributed by atoms with Gasteiger partial charge in [0.05, 0.1) is 12.8 Å². The minimum atomic E-state index is -3.41. The average molecular weight is 327 g/mol. The minimum Gasteiger partial charge on any atom is -0.325 e. The highest BCUT2D eigenvalue weighted by Gasteiger charge is 2.20. The van der Waals surface area contributed by atoms with Gasteiger partial charge in [-0.05, 0) is 38.2 Å². The number of likely N-dealkylation sites (N-methyl/N-ethyl adjacent to an activating group) is 1. The second-order valence-electron chi connectivity index (χ2n) is 5.50. The maximum Gasteiger partial charge on any atom is 0.239 e. The number of anilines is 1. The van der Waals surface area contributed by atoms with Crippen LogP contribution in [0.5, 0.6) is 0 Å². The Labute approximate surface area is 133 Å². The van der Waals surface area contributed by atoms with E-state index in [4.69, 9.17) is 0 Å². The molecule has 0 aliphatic carbocycles. The van der Waals surface area contributed by atoms with Gasteiger partial charge in [-0.2, -0.15) is 4.31 Å². The molecule has 1 amide bonds. The summed E-state index contributed by atoms with van der Waals surface area (Å²) in [6.07, 6.45) is 2.05. The van der Waals surface area contributed by atoms with Crippen LogP contribution in [-0.4, -0.2) is 63.5 Å². The zero-order valence-electron chi connectivity index (χ0n) is 13.7. The van der Waals surface area contributed by atoms with Gasteiger partial charge in [-0.1, -0.05) is 19.1 Å². The van der Waals surface area contributed by atoms with Crippen LogP contribution in [0, 0.1) is 0 Å². The number of rotatable bonds is 8. The van der Waals surface area contributed by atoms with Gasteiger partial charge >= 0.3 is 0 Å². The van der Waals surface area contributed by atoms with E-state index in [1.165, 1.54) is 9.87 Å². The molecular weight excluding hydrogens is 302 g/mol. The van der Waals surface area contributed by atoms with E-state index in [1.54, 1.807) is 0 Å². The fourth-order valence-electron chi connectivity index (χ4n) is 1.86. The lowest BCUT2D eigenvalue weighted by molar-refractivity contribution is -0.116. The Balaban J connectivity index is 2.65. The van der Waals surface area contributed by atoms with Crippen LogP contribution >= 0.6 is 0 Å². The smallest absolute Gasteiger partial charge is 0.239 e. The second-order valence-corrected chi connectivity index (χ2v) is 7.48. The van der Waals surface area contributed by atoms with Crippen molar-refractivity contribution in [2.24, 2.45) is 0 Å². The largest absolute Gasteiger partial charge is 0.325 e. The molecule has 1 aromatic rings. The molecule has 0 aliphatic heterocycles. The van der Waals surface area contributed by atoms with Gasteiger partial charge in [0.2, 0.25) is 15.9 Å². The number of benzene rings is 1. The van der Waals surface area contributed by atoms with E-state index in [2.05, 4.69) is 12.2 Å². The van der Waals surface area contributed by atoms with Crippen LogP contribution < -0.4 is 5.32 Å². The molecule has 0 aliphatic rings. The molecule has 0 fully saturated rings. The first-order valence-corrected chi connectivity index (χ1v) is 9.06. The topological polar surface area (TPSA) is 69.7 Å². The van der Waals surface area contributed by atoms with Crippen LogP contribution in [0.1, 0.15) is 12.5 Å². The number of hydrogen-bond acceptors (Lipinski definition) is 4. The monoisotopic (exact) mass is 327 g/mol. The quantitative estimate of drug-likeness (QED) is 0.774. The van der Waals surface area contributed by atoms with E-state index in [9.17, 15) is 13.2 Å². The predicted octanol–water partition coefficient (Wildman–Crippen LogP) is 1.01. The third-order valence-corrected chi connectivity index (χ3v) is 4.48. The van der Waals surface area contributed by atoms with Crippen molar-refractivity contribution >= 4 is 21.6 Å². The van der Waals surface area contributed by atoms with Crippen molar-refractivity contribution in [3.05, 3.63) is 29.8 Å². The molecule has 7 heteroatoms. The number of carbonyl (C=O) groups excluding carboxylic acids is 1. The molecular formula is C15H25N3O3S.